The average molecular weight is 275 g/mol. The van der Waals surface area contributed by atoms with Crippen LogP contribution in [0.15, 0.2) is 84.9 Å². The molecule has 3 rings (SSSR count). The zero-order valence-electron chi connectivity index (χ0n) is 11.2. The molecule has 1 nitrogen and oxygen atoms in total. The summed E-state index contributed by atoms with van der Waals surface area (Å²) >= 11 is 0. The van der Waals surface area contributed by atoms with Gasteiger partial charge < -0.3 is 5.73 Å². The summed E-state index contributed by atoms with van der Waals surface area (Å²) in [5, 5.41) is 4.10. The molecule has 98 valence electrons. The molecule has 0 amide bonds. The Labute approximate surface area is 121 Å². The first-order valence-corrected chi connectivity index (χ1v) is 8.54. The fourth-order valence-electron chi connectivity index (χ4n) is 2.62. The zero-order valence-corrected chi connectivity index (χ0v) is 12.4. The van der Waals surface area contributed by atoms with Crippen LogP contribution >= 0.6 is 0 Å². The van der Waals surface area contributed by atoms with Gasteiger partial charge in [-0.25, -0.2) is 0 Å². The molecule has 0 radical (unpaired) electrons. The molecular formula is C18H17NSi. The number of benzene rings is 3. The molecule has 0 aliphatic carbocycles. The van der Waals surface area contributed by atoms with Crippen molar-refractivity contribution in [2.24, 2.45) is 0 Å². The highest BCUT2D eigenvalue weighted by atomic mass is 28.3. The zero-order chi connectivity index (χ0) is 13.8. The predicted molar refractivity (Wildman–Crippen MR) is 89.8 cm³/mol. The molecule has 0 atom stereocenters. The molecule has 0 unspecified atom stereocenters. The van der Waals surface area contributed by atoms with E-state index in [1.165, 1.54) is 15.6 Å². The average Bonchev–Trinajstić information content (AvgIpc) is 2.52. The van der Waals surface area contributed by atoms with E-state index in [0.717, 1.165) is 5.69 Å². The van der Waals surface area contributed by atoms with Crippen molar-refractivity contribution in [1.29, 1.82) is 0 Å². The highest BCUT2D eigenvalue weighted by molar-refractivity contribution is 6.96. The Morgan fingerprint density at radius 2 is 1.00 bits per heavy atom. The maximum atomic E-state index is 6.23. The summed E-state index contributed by atoms with van der Waals surface area (Å²) in [6.07, 6.45) is 0. The minimum absolute atomic E-state index is 0.900. The third-order valence-electron chi connectivity index (χ3n) is 3.57. The first-order valence-electron chi connectivity index (χ1n) is 6.80. The number of nitrogen functional groups attached to an aromatic ring is 1. The summed E-state index contributed by atoms with van der Waals surface area (Å²) < 4.78 is 0. The van der Waals surface area contributed by atoms with E-state index in [9.17, 15) is 0 Å². The van der Waals surface area contributed by atoms with Crippen LogP contribution in [-0.4, -0.2) is 8.80 Å². The van der Waals surface area contributed by atoms with Crippen molar-refractivity contribution >= 4 is 30.0 Å². The molecule has 0 bridgehead atoms. The van der Waals surface area contributed by atoms with E-state index < -0.39 is 8.80 Å². The molecule has 0 aliphatic heterocycles. The van der Waals surface area contributed by atoms with Crippen molar-refractivity contribution in [3.63, 3.8) is 0 Å². The summed E-state index contributed by atoms with van der Waals surface area (Å²) in [7, 11) is -1.47. The Balaban J connectivity index is 2.17. The van der Waals surface area contributed by atoms with Gasteiger partial charge in [0.2, 0.25) is 0 Å². The molecular weight excluding hydrogens is 258 g/mol. The van der Waals surface area contributed by atoms with Crippen LogP contribution in [0.25, 0.3) is 0 Å². The van der Waals surface area contributed by atoms with Gasteiger partial charge in [-0.15, -0.1) is 0 Å². The van der Waals surface area contributed by atoms with Gasteiger partial charge in [0, 0.05) is 5.69 Å². The number of nitrogens with two attached hydrogens (primary N) is 1. The third kappa shape index (κ3) is 2.51. The maximum Gasteiger partial charge on any atom is 0.135 e. The molecule has 0 heterocycles. The van der Waals surface area contributed by atoms with E-state index in [1.807, 2.05) is 12.1 Å². The van der Waals surface area contributed by atoms with Crippen molar-refractivity contribution in [1.82, 2.24) is 0 Å². The Bertz CT molecular complexity index is 641. The van der Waals surface area contributed by atoms with Gasteiger partial charge in [0.1, 0.15) is 8.80 Å². The van der Waals surface area contributed by atoms with E-state index in [1.54, 1.807) is 0 Å². The van der Waals surface area contributed by atoms with Crippen LogP contribution in [0.1, 0.15) is 0 Å². The fraction of sp³-hybridized carbons (Fsp3) is 0. The van der Waals surface area contributed by atoms with Crippen LogP contribution < -0.4 is 21.3 Å². The van der Waals surface area contributed by atoms with Crippen LogP contribution in [0.3, 0.4) is 0 Å². The molecule has 2 heteroatoms. The molecule has 0 fully saturated rings. The first-order chi connectivity index (χ1) is 9.86. The maximum absolute atomic E-state index is 6.23. The van der Waals surface area contributed by atoms with Crippen molar-refractivity contribution in [3.8, 4) is 0 Å². The monoisotopic (exact) mass is 275 g/mol. The van der Waals surface area contributed by atoms with E-state index in [0.29, 0.717) is 0 Å². The first kappa shape index (κ1) is 12.7. The van der Waals surface area contributed by atoms with Gasteiger partial charge in [0.05, 0.1) is 0 Å². The van der Waals surface area contributed by atoms with Gasteiger partial charge >= 0.3 is 0 Å². The molecule has 0 saturated heterocycles. The minimum Gasteiger partial charge on any atom is -0.399 e. The highest BCUT2D eigenvalue weighted by Gasteiger charge is 2.20. The smallest absolute Gasteiger partial charge is 0.135 e. The summed E-state index contributed by atoms with van der Waals surface area (Å²) in [6.45, 7) is 0. The number of rotatable bonds is 3. The van der Waals surface area contributed by atoms with E-state index in [4.69, 9.17) is 5.73 Å². The lowest BCUT2D eigenvalue weighted by atomic mass is 10.3. The van der Waals surface area contributed by atoms with Crippen LogP contribution in [0, 0.1) is 0 Å². The fourth-order valence-corrected chi connectivity index (χ4v) is 5.67. The van der Waals surface area contributed by atoms with E-state index in [2.05, 4.69) is 72.8 Å². The summed E-state index contributed by atoms with van der Waals surface area (Å²) in [5.41, 5.74) is 7.13. The van der Waals surface area contributed by atoms with Gasteiger partial charge in [-0.2, -0.15) is 0 Å². The standard InChI is InChI=1S/C18H17NSi/c19-17-13-7-8-14-18(17)20(15-9-3-1-4-10-15)16-11-5-2-6-12-16/h1-14,20H,19H2. The van der Waals surface area contributed by atoms with Gasteiger partial charge in [0.25, 0.3) is 0 Å². The third-order valence-corrected chi connectivity index (χ3v) is 6.82. The summed E-state index contributed by atoms with van der Waals surface area (Å²) in [4.78, 5) is 0. The molecule has 2 N–H and O–H groups in total. The second-order valence-electron chi connectivity index (χ2n) is 4.88. The largest absolute Gasteiger partial charge is 0.399 e. The second kappa shape index (κ2) is 5.76. The van der Waals surface area contributed by atoms with Crippen LogP contribution in [0.5, 0.6) is 0 Å². The summed E-state index contributed by atoms with van der Waals surface area (Å²) in [5.74, 6) is 0. The number of hydrogen-bond acceptors (Lipinski definition) is 1. The molecule has 0 aliphatic rings. The Morgan fingerprint density at radius 3 is 1.50 bits per heavy atom. The Morgan fingerprint density at radius 1 is 0.550 bits per heavy atom. The second-order valence-corrected chi connectivity index (χ2v) is 7.70. The lowest BCUT2D eigenvalue weighted by molar-refractivity contribution is 1.70. The van der Waals surface area contributed by atoms with E-state index in [-0.39, 0.29) is 0 Å². The number of para-hydroxylation sites is 1. The van der Waals surface area contributed by atoms with Crippen LogP contribution in [0.2, 0.25) is 0 Å². The molecule has 20 heavy (non-hydrogen) atoms. The number of anilines is 1. The van der Waals surface area contributed by atoms with E-state index >= 15 is 0 Å². The molecule has 3 aromatic rings. The predicted octanol–water partition coefficient (Wildman–Crippen LogP) is 1.52. The molecule has 0 saturated carbocycles. The Hall–Kier alpha value is -2.32. The Kier molecular flexibility index (Phi) is 3.66. The summed E-state index contributed by atoms with van der Waals surface area (Å²) in [6, 6.07) is 29.7. The van der Waals surface area contributed by atoms with Crippen molar-refractivity contribution in [2.75, 3.05) is 5.73 Å². The van der Waals surface area contributed by atoms with Gasteiger partial charge in [-0.3, -0.25) is 0 Å². The van der Waals surface area contributed by atoms with Crippen molar-refractivity contribution in [3.05, 3.63) is 84.9 Å². The molecule has 3 aromatic carbocycles. The topological polar surface area (TPSA) is 26.0 Å². The van der Waals surface area contributed by atoms with Crippen LogP contribution in [0.4, 0.5) is 5.69 Å². The van der Waals surface area contributed by atoms with Gasteiger partial charge in [-0.05, 0) is 11.3 Å². The molecule has 0 aromatic heterocycles. The van der Waals surface area contributed by atoms with Crippen molar-refractivity contribution in [2.45, 2.75) is 0 Å². The number of hydrogen-bond donors (Lipinski definition) is 1. The highest BCUT2D eigenvalue weighted by Crippen LogP contribution is 2.02. The van der Waals surface area contributed by atoms with Gasteiger partial charge in [-0.1, -0.05) is 89.2 Å². The lowest BCUT2D eigenvalue weighted by Crippen LogP contribution is -2.52. The van der Waals surface area contributed by atoms with Crippen LogP contribution in [-0.2, 0) is 0 Å². The quantitative estimate of drug-likeness (QED) is 0.438. The SMILES string of the molecule is Nc1ccccc1[SiH](c1ccccc1)c1ccccc1. The normalized spacial score (nSPS) is 10.7. The van der Waals surface area contributed by atoms with Crippen molar-refractivity contribution < 1.29 is 0 Å². The van der Waals surface area contributed by atoms with Gasteiger partial charge in [0.15, 0.2) is 0 Å². The molecule has 0 spiro atoms. The minimum atomic E-state index is -1.47. The lowest BCUT2D eigenvalue weighted by Gasteiger charge is -2.18.